The maximum atomic E-state index is 12.7. The topological polar surface area (TPSA) is 140 Å². The highest BCUT2D eigenvalue weighted by molar-refractivity contribution is 6.01. The summed E-state index contributed by atoms with van der Waals surface area (Å²) < 4.78 is 11.3. The van der Waals surface area contributed by atoms with Crippen LogP contribution < -0.4 is 21.1 Å². The Hall–Kier alpha value is -4.63. The lowest BCUT2D eigenvalue weighted by Gasteiger charge is -2.19. The molecule has 0 aliphatic heterocycles. The molecule has 39 heavy (non-hydrogen) atoms. The number of hydrogen-bond acceptors (Lipinski definition) is 7. The summed E-state index contributed by atoms with van der Waals surface area (Å²) >= 11 is 0. The van der Waals surface area contributed by atoms with Crippen molar-refractivity contribution >= 4 is 34.8 Å². The fraction of sp³-hybridized carbons (Fsp3) is 0.233. The van der Waals surface area contributed by atoms with Gasteiger partial charge in [-0.3, -0.25) is 14.9 Å². The Morgan fingerprint density at radius 2 is 1.77 bits per heavy atom. The third-order valence-electron chi connectivity index (χ3n) is 5.70. The van der Waals surface area contributed by atoms with E-state index in [4.69, 9.17) is 20.3 Å². The number of aliphatic hydroxyl groups excluding tert-OH is 1. The van der Waals surface area contributed by atoms with Gasteiger partial charge in [0.25, 0.3) is 0 Å². The Kier molecular flexibility index (Phi) is 11.1. The number of para-hydroxylation sites is 2. The van der Waals surface area contributed by atoms with Crippen LogP contribution in [0, 0.1) is 0 Å². The molecule has 3 aromatic rings. The molecule has 0 unspecified atom stereocenters. The van der Waals surface area contributed by atoms with Gasteiger partial charge in [0.2, 0.25) is 5.91 Å². The third-order valence-corrected chi connectivity index (χ3v) is 5.70. The fourth-order valence-electron chi connectivity index (χ4n) is 3.72. The second-order valence-corrected chi connectivity index (χ2v) is 8.71. The summed E-state index contributed by atoms with van der Waals surface area (Å²) in [6, 6.07) is 20.7. The highest BCUT2D eigenvalue weighted by Gasteiger charge is 2.18. The van der Waals surface area contributed by atoms with Gasteiger partial charge in [-0.05, 0) is 86.4 Å². The van der Waals surface area contributed by atoms with Crippen molar-refractivity contribution in [1.82, 2.24) is 0 Å². The molecule has 0 aromatic heterocycles. The van der Waals surface area contributed by atoms with Crippen molar-refractivity contribution in [3.05, 3.63) is 96.1 Å². The van der Waals surface area contributed by atoms with E-state index in [-0.39, 0.29) is 24.9 Å². The number of nitrogens with two attached hydrogens (primary N) is 1. The average Bonchev–Trinajstić information content (AvgIpc) is 2.92. The van der Waals surface area contributed by atoms with E-state index in [1.54, 1.807) is 72.8 Å². The molecule has 0 bridgehead atoms. The molecule has 3 aromatic carbocycles. The molecule has 5 N–H and O–H groups in total. The number of nitrogens with one attached hydrogen (secondary N) is 2. The number of nitrogen functional groups attached to an aromatic ring is 1. The molecule has 0 aliphatic rings. The van der Waals surface area contributed by atoms with Gasteiger partial charge in [-0.15, -0.1) is 0 Å². The number of unbranched alkanes of at least 4 members (excludes halogenated alkanes) is 1. The van der Waals surface area contributed by atoms with Gasteiger partial charge in [-0.2, -0.15) is 0 Å². The molecule has 0 saturated carbocycles. The monoisotopic (exact) mass is 531 g/mol. The van der Waals surface area contributed by atoms with Crippen LogP contribution in [0.3, 0.4) is 0 Å². The number of anilines is 3. The molecule has 204 valence electrons. The van der Waals surface area contributed by atoms with Crippen molar-refractivity contribution in [1.29, 1.82) is 0 Å². The molecular formula is C30H33N3O6. The SMILES string of the molecule is CC(=O)c1ccc(NC(=O)O[C@@H](CCC/C=C/C(=O)Nc2ccccc2N)c2cccc(OCCO)c2)cc1. The number of carbonyl (C=O) groups excluding carboxylic acids is 3. The first-order valence-corrected chi connectivity index (χ1v) is 12.6. The van der Waals surface area contributed by atoms with Crippen LogP contribution in [0.25, 0.3) is 0 Å². The number of rotatable bonds is 13. The second-order valence-electron chi connectivity index (χ2n) is 8.71. The number of ether oxygens (including phenoxy) is 2. The van der Waals surface area contributed by atoms with E-state index in [1.807, 2.05) is 6.07 Å². The lowest BCUT2D eigenvalue weighted by molar-refractivity contribution is -0.111. The number of ketones is 1. The first-order valence-electron chi connectivity index (χ1n) is 12.6. The highest BCUT2D eigenvalue weighted by Crippen LogP contribution is 2.28. The average molecular weight is 532 g/mol. The first kappa shape index (κ1) is 28.9. The van der Waals surface area contributed by atoms with Crippen LogP contribution >= 0.6 is 0 Å². The van der Waals surface area contributed by atoms with E-state index in [2.05, 4.69) is 10.6 Å². The van der Waals surface area contributed by atoms with Crippen LogP contribution in [0.2, 0.25) is 0 Å². The Balaban J connectivity index is 1.61. The fourth-order valence-corrected chi connectivity index (χ4v) is 3.72. The minimum absolute atomic E-state index is 0.0665. The molecule has 9 nitrogen and oxygen atoms in total. The molecule has 0 fully saturated rings. The van der Waals surface area contributed by atoms with Gasteiger partial charge in [-0.25, -0.2) is 4.79 Å². The van der Waals surface area contributed by atoms with Gasteiger partial charge in [-0.1, -0.05) is 30.3 Å². The molecule has 9 heteroatoms. The van der Waals surface area contributed by atoms with Crippen molar-refractivity contribution in [3.8, 4) is 5.75 Å². The smallest absolute Gasteiger partial charge is 0.412 e. The Morgan fingerprint density at radius 1 is 1.00 bits per heavy atom. The van der Waals surface area contributed by atoms with Crippen molar-refractivity contribution in [2.24, 2.45) is 0 Å². The molecule has 0 saturated heterocycles. The van der Waals surface area contributed by atoms with Crippen molar-refractivity contribution in [3.63, 3.8) is 0 Å². The number of carbonyl (C=O) groups is 3. The minimum Gasteiger partial charge on any atom is -0.491 e. The summed E-state index contributed by atoms with van der Waals surface area (Å²) in [5.74, 6) is 0.194. The predicted octanol–water partition coefficient (Wildman–Crippen LogP) is 5.50. The zero-order chi connectivity index (χ0) is 28.0. The standard InChI is InChI=1S/C30H33N3O6/c1-21(35)22-14-16-24(17-15-22)32-30(37)39-28(23-8-7-9-25(20-23)38-19-18-34)12-3-2-4-13-29(36)33-27-11-6-5-10-26(27)31/h4-11,13-17,20,28,34H,2-3,12,18-19,31H2,1H3,(H,32,37)(H,33,36)/b13-4+/t28-/m0/s1. The number of aliphatic hydroxyl groups is 1. The van der Waals surface area contributed by atoms with E-state index in [0.717, 1.165) is 5.56 Å². The maximum Gasteiger partial charge on any atom is 0.412 e. The summed E-state index contributed by atoms with van der Waals surface area (Å²) in [5.41, 5.74) is 8.66. The van der Waals surface area contributed by atoms with Gasteiger partial charge in [0.05, 0.1) is 18.0 Å². The van der Waals surface area contributed by atoms with E-state index in [1.165, 1.54) is 13.0 Å². The summed E-state index contributed by atoms with van der Waals surface area (Å²) in [4.78, 5) is 36.4. The Morgan fingerprint density at radius 3 is 2.49 bits per heavy atom. The van der Waals surface area contributed by atoms with Gasteiger partial charge in [0.15, 0.2) is 5.78 Å². The first-order chi connectivity index (χ1) is 18.9. The number of Topliss-reactive ketones (excluding diaryl/α,β-unsaturated/α-hetero) is 1. The molecule has 0 radical (unpaired) electrons. The Labute approximate surface area is 227 Å². The third kappa shape index (κ3) is 9.64. The highest BCUT2D eigenvalue weighted by atomic mass is 16.6. The number of allylic oxidation sites excluding steroid dienone is 1. The van der Waals surface area contributed by atoms with Crippen LogP contribution in [0.4, 0.5) is 21.9 Å². The van der Waals surface area contributed by atoms with Gasteiger partial charge >= 0.3 is 6.09 Å². The largest absolute Gasteiger partial charge is 0.491 e. The molecule has 0 spiro atoms. The van der Waals surface area contributed by atoms with E-state index in [0.29, 0.717) is 47.6 Å². The normalized spacial score (nSPS) is 11.5. The van der Waals surface area contributed by atoms with Crippen LogP contribution in [-0.2, 0) is 9.53 Å². The van der Waals surface area contributed by atoms with Crippen LogP contribution in [0.15, 0.2) is 84.9 Å². The summed E-state index contributed by atoms with van der Waals surface area (Å²) in [6.45, 7) is 1.50. The summed E-state index contributed by atoms with van der Waals surface area (Å²) in [5, 5.41) is 14.5. The van der Waals surface area contributed by atoms with Crippen LogP contribution in [0.1, 0.15) is 48.2 Å². The number of hydrogen-bond donors (Lipinski definition) is 4. The molecule has 2 amide bonds. The number of benzene rings is 3. The predicted molar refractivity (Wildman–Crippen MR) is 151 cm³/mol. The second kappa shape index (κ2) is 14.9. The lowest BCUT2D eigenvalue weighted by Crippen LogP contribution is -2.18. The van der Waals surface area contributed by atoms with Gasteiger partial charge < -0.3 is 25.6 Å². The van der Waals surface area contributed by atoms with E-state index in [9.17, 15) is 14.4 Å². The van der Waals surface area contributed by atoms with Crippen molar-refractivity contribution in [2.75, 3.05) is 29.6 Å². The zero-order valence-electron chi connectivity index (χ0n) is 21.8. The van der Waals surface area contributed by atoms with E-state index >= 15 is 0 Å². The Bertz CT molecular complexity index is 1290. The maximum absolute atomic E-state index is 12.7. The van der Waals surface area contributed by atoms with E-state index < -0.39 is 12.2 Å². The van der Waals surface area contributed by atoms with Crippen LogP contribution in [0.5, 0.6) is 5.75 Å². The lowest BCUT2D eigenvalue weighted by atomic mass is 10.0. The minimum atomic E-state index is -0.646. The van der Waals surface area contributed by atoms with Gasteiger partial charge in [0, 0.05) is 11.3 Å². The van der Waals surface area contributed by atoms with Gasteiger partial charge in [0.1, 0.15) is 18.5 Å². The number of amides is 2. The zero-order valence-corrected chi connectivity index (χ0v) is 21.8. The molecule has 0 heterocycles. The molecule has 0 aliphatic carbocycles. The summed E-state index contributed by atoms with van der Waals surface area (Å²) in [7, 11) is 0. The van der Waals surface area contributed by atoms with Crippen LogP contribution in [-0.4, -0.2) is 36.1 Å². The quantitative estimate of drug-likeness (QED) is 0.0988. The summed E-state index contributed by atoms with van der Waals surface area (Å²) in [6.07, 6.45) is 3.65. The van der Waals surface area contributed by atoms with Crippen molar-refractivity contribution in [2.45, 2.75) is 32.3 Å². The molecule has 1 atom stereocenters. The molecule has 3 rings (SSSR count). The van der Waals surface area contributed by atoms with Crippen molar-refractivity contribution < 1.29 is 29.0 Å². The molecular weight excluding hydrogens is 498 g/mol.